The van der Waals surface area contributed by atoms with Crippen LogP contribution in [0.15, 0.2) is 10.7 Å². The smallest absolute Gasteiger partial charge is 0.198 e. The maximum atomic E-state index is 5.49. The number of nitrogens with one attached hydrogen (secondary N) is 1. The van der Waals surface area contributed by atoms with E-state index in [2.05, 4.69) is 10.3 Å². The molecule has 1 saturated heterocycles. The van der Waals surface area contributed by atoms with Gasteiger partial charge in [0, 0.05) is 18.2 Å². The van der Waals surface area contributed by atoms with E-state index in [4.69, 9.17) is 4.42 Å². The van der Waals surface area contributed by atoms with Crippen LogP contribution in [0.3, 0.4) is 0 Å². The van der Waals surface area contributed by atoms with Crippen LogP contribution >= 0.6 is 11.8 Å². The normalized spacial score (nSPS) is 22.5. The van der Waals surface area contributed by atoms with Crippen molar-refractivity contribution in [3.05, 3.63) is 17.8 Å². The molecule has 1 fully saturated rings. The Labute approximate surface area is 88.7 Å². The average Bonchev–Trinajstić information content (AvgIpc) is 2.68. The average molecular weight is 212 g/mol. The number of nitrogens with zero attached hydrogens (tertiary/aromatic N) is 1. The highest BCUT2D eigenvalue weighted by Gasteiger charge is 2.20. The molecule has 0 saturated carbocycles. The minimum atomic E-state index is 0.541. The molecule has 1 atom stereocenters. The molecule has 0 aliphatic carbocycles. The summed E-state index contributed by atoms with van der Waals surface area (Å²) in [7, 11) is 1.92. The highest BCUT2D eigenvalue weighted by Crippen LogP contribution is 2.30. The quantitative estimate of drug-likeness (QED) is 0.831. The lowest BCUT2D eigenvalue weighted by Gasteiger charge is -2.17. The molecule has 14 heavy (non-hydrogen) atoms. The van der Waals surface area contributed by atoms with Crippen LogP contribution in [0.25, 0.3) is 0 Å². The third-order valence-corrected chi connectivity index (χ3v) is 3.65. The summed E-state index contributed by atoms with van der Waals surface area (Å²) in [5.41, 5.74) is 1.01. The van der Waals surface area contributed by atoms with Crippen LogP contribution < -0.4 is 5.32 Å². The molecule has 1 aliphatic rings. The predicted molar refractivity (Wildman–Crippen MR) is 58.6 cm³/mol. The lowest BCUT2D eigenvalue weighted by Crippen LogP contribution is -2.10. The Morgan fingerprint density at radius 2 is 2.64 bits per heavy atom. The molecule has 2 heterocycles. The lowest BCUT2D eigenvalue weighted by atomic mass is 10.1. The zero-order chi connectivity index (χ0) is 9.80. The Kier molecular flexibility index (Phi) is 3.48. The summed E-state index contributed by atoms with van der Waals surface area (Å²) in [6, 6.07) is 0. The topological polar surface area (TPSA) is 38.1 Å². The molecule has 3 nitrogen and oxygen atoms in total. The number of hydrogen-bond donors (Lipinski definition) is 1. The zero-order valence-electron chi connectivity index (χ0n) is 8.45. The summed E-state index contributed by atoms with van der Waals surface area (Å²) in [6.07, 6.45) is 4.29. The van der Waals surface area contributed by atoms with E-state index in [0.29, 0.717) is 5.92 Å². The van der Waals surface area contributed by atoms with Crippen LogP contribution in [0.2, 0.25) is 0 Å². The van der Waals surface area contributed by atoms with Crippen LogP contribution in [0.5, 0.6) is 0 Å². The fourth-order valence-electron chi connectivity index (χ4n) is 1.71. The molecule has 0 bridgehead atoms. The van der Waals surface area contributed by atoms with Crippen LogP contribution in [-0.4, -0.2) is 23.5 Å². The van der Waals surface area contributed by atoms with E-state index < -0.39 is 0 Å². The van der Waals surface area contributed by atoms with E-state index in [1.54, 1.807) is 6.26 Å². The van der Waals surface area contributed by atoms with Gasteiger partial charge in [-0.3, -0.25) is 0 Å². The van der Waals surface area contributed by atoms with Gasteiger partial charge < -0.3 is 9.73 Å². The largest absolute Gasteiger partial charge is 0.448 e. The van der Waals surface area contributed by atoms with Crippen molar-refractivity contribution in [2.24, 2.45) is 0 Å². The van der Waals surface area contributed by atoms with Gasteiger partial charge in [0.05, 0.1) is 5.69 Å². The second-order valence-corrected chi connectivity index (χ2v) is 4.77. The van der Waals surface area contributed by atoms with E-state index in [-0.39, 0.29) is 0 Å². The van der Waals surface area contributed by atoms with Gasteiger partial charge in [-0.1, -0.05) is 0 Å². The Morgan fingerprint density at radius 3 is 3.36 bits per heavy atom. The maximum absolute atomic E-state index is 5.49. The van der Waals surface area contributed by atoms with Crippen molar-refractivity contribution in [3.63, 3.8) is 0 Å². The predicted octanol–water partition coefficient (Wildman–Crippen LogP) is 2.00. The van der Waals surface area contributed by atoms with Gasteiger partial charge in [-0.05, 0) is 25.6 Å². The van der Waals surface area contributed by atoms with Gasteiger partial charge in [-0.25, -0.2) is 4.98 Å². The first kappa shape index (κ1) is 10.1. The number of oxazole rings is 1. The molecule has 1 aromatic heterocycles. The van der Waals surface area contributed by atoms with Crippen molar-refractivity contribution in [2.45, 2.75) is 25.3 Å². The van der Waals surface area contributed by atoms with Gasteiger partial charge in [0.1, 0.15) is 6.26 Å². The zero-order valence-corrected chi connectivity index (χ0v) is 9.27. The molecule has 2 rings (SSSR count). The van der Waals surface area contributed by atoms with Crippen molar-refractivity contribution >= 4 is 11.8 Å². The molecule has 0 radical (unpaired) electrons. The summed E-state index contributed by atoms with van der Waals surface area (Å²) >= 11 is 2.00. The molecule has 1 aliphatic heterocycles. The number of thioether (sulfide) groups is 1. The van der Waals surface area contributed by atoms with Gasteiger partial charge in [0.25, 0.3) is 0 Å². The third kappa shape index (κ3) is 2.30. The van der Waals surface area contributed by atoms with E-state index >= 15 is 0 Å². The molecule has 0 amide bonds. The molecular weight excluding hydrogens is 196 g/mol. The minimum absolute atomic E-state index is 0.541. The molecule has 1 unspecified atom stereocenters. The molecule has 0 aromatic carbocycles. The Balaban J connectivity index is 2.00. The van der Waals surface area contributed by atoms with Gasteiger partial charge in [-0.15, -0.1) is 0 Å². The van der Waals surface area contributed by atoms with Crippen molar-refractivity contribution < 1.29 is 4.42 Å². The SMILES string of the molecule is CNCc1coc(C2CCCSC2)n1. The maximum Gasteiger partial charge on any atom is 0.198 e. The first-order valence-electron chi connectivity index (χ1n) is 5.07. The first-order valence-corrected chi connectivity index (χ1v) is 6.22. The molecule has 1 aromatic rings. The first-order chi connectivity index (χ1) is 6.90. The summed E-state index contributed by atoms with van der Waals surface area (Å²) in [4.78, 5) is 4.48. The van der Waals surface area contributed by atoms with Crippen LogP contribution in [0.1, 0.15) is 30.3 Å². The van der Waals surface area contributed by atoms with Crippen LogP contribution in [-0.2, 0) is 6.54 Å². The van der Waals surface area contributed by atoms with Gasteiger partial charge in [0.15, 0.2) is 5.89 Å². The fourth-order valence-corrected chi connectivity index (χ4v) is 2.84. The fraction of sp³-hybridized carbons (Fsp3) is 0.700. The second kappa shape index (κ2) is 4.84. The second-order valence-electron chi connectivity index (χ2n) is 3.62. The number of aromatic nitrogens is 1. The van der Waals surface area contributed by atoms with Crippen molar-refractivity contribution in [1.29, 1.82) is 0 Å². The number of hydrogen-bond acceptors (Lipinski definition) is 4. The summed E-state index contributed by atoms with van der Waals surface area (Å²) < 4.78 is 5.49. The van der Waals surface area contributed by atoms with Gasteiger partial charge in [-0.2, -0.15) is 11.8 Å². The van der Waals surface area contributed by atoms with Crippen molar-refractivity contribution in [2.75, 3.05) is 18.6 Å². The Morgan fingerprint density at radius 1 is 1.71 bits per heavy atom. The highest BCUT2D eigenvalue weighted by atomic mass is 32.2. The Bertz CT molecular complexity index is 281. The molecule has 0 spiro atoms. The highest BCUT2D eigenvalue weighted by molar-refractivity contribution is 7.99. The van der Waals surface area contributed by atoms with Crippen molar-refractivity contribution in [3.8, 4) is 0 Å². The summed E-state index contributed by atoms with van der Waals surface area (Å²) in [5, 5.41) is 3.07. The van der Waals surface area contributed by atoms with E-state index in [1.807, 2.05) is 18.8 Å². The molecule has 4 heteroatoms. The summed E-state index contributed by atoms with van der Waals surface area (Å²) in [6.45, 7) is 0.795. The molecule has 1 N–H and O–H groups in total. The monoisotopic (exact) mass is 212 g/mol. The standard InChI is InChI=1S/C10H16N2OS/c1-11-5-9-6-13-10(12-9)8-3-2-4-14-7-8/h6,8,11H,2-5,7H2,1H3. The van der Waals surface area contributed by atoms with Crippen molar-refractivity contribution in [1.82, 2.24) is 10.3 Å². The van der Waals surface area contributed by atoms with Crippen LogP contribution in [0.4, 0.5) is 0 Å². The molecular formula is C10H16N2OS. The van der Waals surface area contributed by atoms with Gasteiger partial charge >= 0.3 is 0 Å². The van der Waals surface area contributed by atoms with E-state index in [1.165, 1.54) is 24.3 Å². The van der Waals surface area contributed by atoms with E-state index in [0.717, 1.165) is 18.1 Å². The molecule has 78 valence electrons. The minimum Gasteiger partial charge on any atom is -0.448 e. The number of rotatable bonds is 3. The van der Waals surface area contributed by atoms with Gasteiger partial charge in [0.2, 0.25) is 0 Å². The van der Waals surface area contributed by atoms with E-state index in [9.17, 15) is 0 Å². The van der Waals surface area contributed by atoms with Crippen LogP contribution in [0, 0.1) is 0 Å². The summed E-state index contributed by atoms with van der Waals surface area (Å²) in [5.74, 6) is 3.93. The lowest BCUT2D eigenvalue weighted by molar-refractivity contribution is 0.443. The third-order valence-electron chi connectivity index (χ3n) is 2.44. The Hall–Kier alpha value is -0.480.